The minimum Gasteiger partial charge on any atom is -0.308 e. The molecular weight excluding hydrogens is 272 g/mol. The van der Waals surface area contributed by atoms with Gasteiger partial charge < -0.3 is 10.3 Å². The van der Waals surface area contributed by atoms with Gasteiger partial charge in [0.1, 0.15) is 10.5 Å². The first-order chi connectivity index (χ1) is 9.74. The molecule has 6 heteroatoms. The van der Waals surface area contributed by atoms with E-state index in [1.807, 2.05) is 36.6 Å². The van der Waals surface area contributed by atoms with Gasteiger partial charge in [-0.05, 0) is 30.5 Å². The maximum Gasteiger partial charge on any atom is 0.268 e. The molecule has 0 aromatic carbocycles. The molecule has 1 atom stereocenters. The third-order valence-electron chi connectivity index (χ3n) is 3.07. The van der Waals surface area contributed by atoms with Gasteiger partial charge >= 0.3 is 0 Å². The first kappa shape index (κ1) is 13.0. The van der Waals surface area contributed by atoms with Crippen molar-refractivity contribution in [1.29, 1.82) is 0 Å². The number of rotatable bonds is 4. The van der Waals surface area contributed by atoms with Crippen LogP contribution < -0.4 is 10.9 Å². The number of aromatic nitrogens is 3. The maximum absolute atomic E-state index is 11.9. The summed E-state index contributed by atoms with van der Waals surface area (Å²) >= 11 is 1.41. The van der Waals surface area contributed by atoms with E-state index in [9.17, 15) is 4.79 Å². The van der Waals surface area contributed by atoms with Gasteiger partial charge in [0, 0.05) is 12.2 Å². The van der Waals surface area contributed by atoms with E-state index in [2.05, 4.69) is 20.3 Å². The summed E-state index contributed by atoms with van der Waals surface area (Å²) in [7, 11) is 0. The number of thiophene rings is 1. The Balaban J connectivity index is 1.75. The van der Waals surface area contributed by atoms with Crippen molar-refractivity contribution in [2.75, 3.05) is 0 Å². The van der Waals surface area contributed by atoms with E-state index in [0.29, 0.717) is 17.1 Å². The van der Waals surface area contributed by atoms with Crippen LogP contribution in [0.5, 0.6) is 0 Å². The van der Waals surface area contributed by atoms with E-state index >= 15 is 0 Å². The van der Waals surface area contributed by atoms with E-state index < -0.39 is 0 Å². The molecule has 3 aromatic heterocycles. The van der Waals surface area contributed by atoms with Gasteiger partial charge in [-0.15, -0.1) is 11.3 Å². The quantitative estimate of drug-likeness (QED) is 0.771. The van der Waals surface area contributed by atoms with Crippen molar-refractivity contribution in [3.05, 3.63) is 57.7 Å². The van der Waals surface area contributed by atoms with Crippen molar-refractivity contribution in [2.24, 2.45) is 0 Å². The van der Waals surface area contributed by atoms with Crippen LogP contribution in [0.1, 0.15) is 24.5 Å². The summed E-state index contributed by atoms with van der Waals surface area (Å²) in [6, 6.07) is 7.77. The second kappa shape index (κ2) is 5.52. The van der Waals surface area contributed by atoms with Gasteiger partial charge in [-0.3, -0.25) is 9.78 Å². The standard InChI is InChI=1S/C14H14N4OS/c1-9(10-4-2-3-6-15-10)16-8-12-17-11-5-7-20-13(11)14(19)18-12/h2-7,9,16H,8H2,1H3,(H,17,18,19). The lowest BCUT2D eigenvalue weighted by Crippen LogP contribution is -2.22. The van der Waals surface area contributed by atoms with Gasteiger partial charge in [0.15, 0.2) is 0 Å². The van der Waals surface area contributed by atoms with Gasteiger partial charge in [-0.1, -0.05) is 6.07 Å². The van der Waals surface area contributed by atoms with Crippen LogP contribution in [0.4, 0.5) is 0 Å². The molecule has 3 rings (SSSR count). The van der Waals surface area contributed by atoms with Crippen LogP contribution in [0.25, 0.3) is 10.2 Å². The monoisotopic (exact) mass is 286 g/mol. The molecule has 0 radical (unpaired) electrons. The molecule has 0 bridgehead atoms. The van der Waals surface area contributed by atoms with Crippen molar-refractivity contribution in [3.8, 4) is 0 Å². The topological polar surface area (TPSA) is 70.7 Å². The summed E-state index contributed by atoms with van der Waals surface area (Å²) in [4.78, 5) is 23.4. The highest BCUT2D eigenvalue weighted by Crippen LogP contribution is 2.14. The molecule has 5 nitrogen and oxygen atoms in total. The number of hydrogen-bond donors (Lipinski definition) is 2. The second-order valence-electron chi connectivity index (χ2n) is 4.50. The smallest absolute Gasteiger partial charge is 0.268 e. The third-order valence-corrected chi connectivity index (χ3v) is 3.97. The normalized spacial score (nSPS) is 12.7. The molecule has 0 aliphatic heterocycles. The van der Waals surface area contributed by atoms with Crippen LogP contribution in [0.3, 0.4) is 0 Å². The highest BCUT2D eigenvalue weighted by molar-refractivity contribution is 7.17. The number of fused-ring (bicyclic) bond motifs is 1. The Hall–Kier alpha value is -2.05. The molecule has 1 unspecified atom stereocenters. The zero-order chi connectivity index (χ0) is 13.9. The fourth-order valence-corrected chi connectivity index (χ4v) is 2.72. The first-order valence-electron chi connectivity index (χ1n) is 6.35. The molecular formula is C14H14N4OS. The van der Waals surface area contributed by atoms with Gasteiger partial charge in [0.2, 0.25) is 0 Å². The van der Waals surface area contributed by atoms with Gasteiger partial charge in [-0.2, -0.15) is 0 Å². The predicted molar refractivity (Wildman–Crippen MR) is 79.7 cm³/mol. The number of nitrogens with zero attached hydrogens (tertiary/aromatic N) is 2. The zero-order valence-corrected chi connectivity index (χ0v) is 11.8. The lowest BCUT2D eigenvalue weighted by molar-refractivity contribution is 0.548. The average molecular weight is 286 g/mol. The first-order valence-corrected chi connectivity index (χ1v) is 7.23. The van der Waals surface area contributed by atoms with Crippen LogP contribution in [0, 0.1) is 0 Å². The predicted octanol–water partition coefficient (Wildman–Crippen LogP) is 2.23. The van der Waals surface area contributed by atoms with Crippen LogP contribution in [-0.4, -0.2) is 15.0 Å². The highest BCUT2D eigenvalue weighted by atomic mass is 32.1. The molecule has 0 amide bonds. The molecule has 0 saturated heterocycles. The van der Waals surface area contributed by atoms with Gasteiger partial charge in [0.05, 0.1) is 17.8 Å². The number of H-pyrrole nitrogens is 1. The lowest BCUT2D eigenvalue weighted by atomic mass is 10.2. The zero-order valence-electron chi connectivity index (χ0n) is 11.0. The van der Waals surface area contributed by atoms with E-state index in [4.69, 9.17) is 0 Å². The van der Waals surface area contributed by atoms with Crippen molar-refractivity contribution in [2.45, 2.75) is 19.5 Å². The van der Waals surface area contributed by atoms with Crippen molar-refractivity contribution < 1.29 is 0 Å². The molecule has 0 saturated carbocycles. The van der Waals surface area contributed by atoms with Gasteiger partial charge in [0.25, 0.3) is 5.56 Å². The molecule has 0 fully saturated rings. The molecule has 2 N–H and O–H groups in total. The fraction of sp³-hybridized carbons (Fsp3) is 0.214. The van der Waals surface area contributed by atoms with Crippen molar-refractivity contribution in [3.63, 3.8) is 0 Å². The summed E-state index contributed by atoms with van der Waals surface area (Å²) in [5.41, 5.74) is 1.64. The summed E-state index contributed by atoms with van der Waals surface area (Å²) in [5, 5.41) is 5.18. The molecule has 0 spiro atoms. The summed E-state index contributed by atoms with van der Waals surface area (Å²) < 4.78 is 0.673. The van der Waals surface area contributed by atoms with Gasteiger partial charge in [-0.25, -0.2) is 4.98 Å². The summed E-state index contributed by atoms with van der Waals surface area (Å²) in [5.74, 6) is 0.642. The SMILES string of the molecule is CC(NCc1nc2ccsc2c(=O)[nH]1)c1ccccn1. The average Bonchev–Trinajstić information content (AvgIpc) is 2.94. The lowest BCUT2D eigenvalue weighted by Gasteiger charge is -2.12. The van der Waals surface area contributed by atoms with E-state index in [-0.39, 0.29) is 11.6 Å². The minimum absolute atomic E-state index is 0.0766. The Morgan fingerprint density at radius 1 is 1.40 bits per heavy atom. The maximum atomic E-state index is 11.9. The van der Waals surface area contributed by atoms with Crippen molar-refractivity contribution >= 4 is 21.6 Å². The molecule has 0 aliphatic rings. The summed E-state index contributed by atoms with van der Waals surface area (Å²) in [6.07, 6.45) is 1.77. The Bertz CT molecular complexity index is 765. The van der Waals surface area contributed by atoms with Crippen molar-refractivity contribution in [1.82, 2.24) is 20.3 Å². The van der Waals surface area contributed by atoms with E-state index in [0.717, 1.165) is 11.2 Å². The molecule has 3 aromatic rings. The molecule has 0 aliphatic carbocycles. The van der Waals surface area contributed by atoms with E-state index in [1.165, 1.54) is 11.3 Å². The summed E-state index contributed by atoms with van der Waals surface area (Å²) in [6.45, 7) is 2.53. The van der Waals surface area contributed by atoms with Crippen LogP contribution in [0.15, 0.2) is 40.6 Å². The van der Waals surface area contributed by atoms with Crippen LogP contribution >= 0.6 is 11.3 Å². The number of hydrogen-bond acceptors (Lipinski definition) is 5. The molecule has 102 valence electrons. The minimum atomic E-state index is -0.0766. The van der Waals surface area contributed by atoms with Crippen LogP contribution in [0.2, 0.25) is 0 Å². The third kappa shape index (κ3) is 2.61. The van der Waals surface area contributed by atoms with Crippen LogP contribution in [-0.2, 0) is 6.54 Å². The Morgan fingerprint density at radius 2 is 2.30 bits per heavy atom. The Labute approximate surface area is 119 Å². The number of aromatic amines is 1. The number of pyridine rings is 1. The number of nitrogens with one attached hydrogen (secondary N) is 2. The fourth-order valence-electron chi connectivity index (χ4n) is 1.99. The largest absolute Gasteiger partial charge is 0.308 e. The second-order valence-corrected chi connectivity index (χ2v) is 5.42. The van der Waals surface area contributed by atoms with E-state index in [1.54, 1.807) is 6.20 Å². The Kier molecular flexibility index (Phi) is 3.58. The Morgan fingerprint density at radius 3 is 3.10 bits per heavy atom. The molecule has 20 heavy (non-hydrogen) atoms. The highest BCUT2D eigenvalue weighted by Gasteiger charge is 2.08. The molecule has 3 heterocycles.